The van der Waals surface area contributed by atoms with Crippen molar-refractivity contribution in [3.05, 3.63) is 95.0 Å². The van der Waals surface area contributed by atoms with Gasteiger partial charge in [0.1, 0.15) is 0 Å². The average Bonchev–Trinajstić information content (AvgIpc) is 2.68. The summed E-state index contributed by atoms with van der Waals surface area (Å²) in [5.74, 6) is -0.175. The molecule has 4 heteroatoms. The Morgan fingerprint density at radius 2 is 1.74 bits per heavy atom. The molecule has 0 aliphatic carbocycles. The zero-order valence-electron chi connectivity index (χ0n) is 14.7. The average molecular weight is 373 g/mol. The van der Waals surface area contributed by atoms with Gasteiger partial charge in [0.2, 0.25) is 0 Å². The van der Waals surface area contributed by atoms with E-state index in [0.717, 1.165) is 27.8 Å². The molecule has 0 bridgehead atoms. The van der Waals surface area contributed by atoms with Crippen LogP contribution in [0.5, 0.6) is 0 Å². The monoisotopic (exact) mass is 372 g/mol. The largest absolute Gasteiger partial charge is 0.322 e. The van der Waals surface area contributed by atoms with Gasteiger partial charge in [-0.05, 0) is 61.5 Å². The van der Waals surface area contributed by atoms with Crippen molar-refractivity contribution in [2.75, 3.05) is 5.32 Å². The van der Waals surface area contributed by atoms with Crippen LogP contribution in [0.1, 0.15) is 15.9 Å². The number of halogens is 1. The predicted octanol–water partition coefficient (Wildman–Crippen LogP) is 6.12. The van der Waals surface area contributed by atoms with Crippen LogP contribution in [0.25, 0.3) is 22.2 Å². The standard InChI is InChI=1S/C23H17ClN2O/c1-15-5-11-21-18(13-15)8-12-22(26-21)17-3-2-4-20(14-17)25-23(27)16-6-9-19(24)10-7-16/h2-14H,1H3,(H,25,27). The second-order valence-electron chi connectivity index (χ2n) is 6.43. The summed E-state index contributed by atoms with van der Waals surface area (Å²) in [6, 6.07) is 24.8. The Kier molecular flexibility index (Phi) is 4.61. The topological polar surface area (TPSA) is 42.0 Å². The third kappa shape index (κ3) is 3.83. The number of nitrogens with one attached hydrogen (secondary N) is 1. The van der Waals surface area contributed by atoms with Crippen LogP contribution in [0.2, 0.25) is 5.02 Å². The van der Waals surface area contributed by atoms with Gasteiger partial charge in [0.15, 0.2) is 0 Å². The van der Waals surface area contributed by atoms with Crippen molar-refractivity contribution < 1.29 is 4.79 Å². The number of hydrogen-bond acceptors (Lipinski definition) is 2. The van der Waals surface area contributed by atoms with Crippen LogP contribution in [0.4, 0.5) is 5.69 Å². The Balaban J connectivity index is 1.61. The van der Waals surface area contributed by atoms with E-state index in [1.807, 2.05) is 36.4 Å². The third-order valence-electron chi connectivity index (χ3n) is 4.37. The first-order valence-electron chi connectivity index (χ1n) is 8.63. The summed E-state index contributed by atoms with van der Waals surface area (Å²) < 4.78 is 0. The fourth-order valence-corrected chi connectivity index (χ4v) is 3.09. The Labute approximate surface area is 162 Å². The first-order valence-corrected chi connectivity index (χ1v) is 9.01. The van der Waals surface area contributed by atoms with E-state index in [-0.39, 0.29) is 5.91 Å². The molecule has 0 spiro atoms. The fourth-order valence-electron chi connectivity index (χ4n) is 2.97. The molecule has 1 N–H and O–H groups in total. The number of nitrogens with zero attached hydrogens (tertiary/aromatic N) is 1. The van der Waals surface area contributed by atoms with E-state index < -0.39 is 0 Å². The number of fused-ring (bicyclic) bond motifs is 1. The summed E-state index contributed by atoms with van der Waals surface area (Å²) in [7, 11) is 0. The van der Waals surface area contributed by atoms with E-state index in [2.05, 4.69) is 30.4 Å². The summed E-state index contributed by atoms with van der Waals surface area (Å²) in [5.41, 5.74) is 5.26. The number of aryl methyl sites for hydroxylation is 1. The second-order valence-corrected chi connectivity index (χ2v) is 6.87. The molecule has 4 aromatic rings. The van der Waals surface area contributed by atoms with Gasteiger partial charge in [0, 0.05) is 27.2 Å². The first-order chi connectivity index (χ1) is 13.1. The van der Waals surface area contributed by atoms with Gasteiger partial charge in [-0.3, -0.25) is 4.79 Å². The smallest absolute Gasteiger partial charge is 0.255 e. The molecule has 1 heterocycles. The Morgan fingerprint density at radius 1 is 0.926 bits per heavy atom. The molecule has 0 unspecified atom stereocenters. The van der Waals surface area contributed by atoms with Crippen molar-refractivity contribution in [1.82, 2.24) is 4.98 Å². The molecule has 0 radical (unpaired) electrons. The maximum atomic E-state index is 12.4. The van der Waals surface area contributed by atoms with Crippen molar-refractivity contribution in [3.8, 4) is 11.3 Å². The van der Waals surface area contributed by atoms with Gasteiger partial charge in [-0.1, -0.05) is 41.4 Å². The second kappa shape index (κ2) is 7.22. The molecule has 0 aliphatic rings. The van der Waals surface area contributed by atoms with E-state index in [1.54, 1.807) is 24.3 Å². The number of carbonyl (C=O) groups is 1. The summed E-state index contributed by atoms with van der Waals surface area (Å²) in [4.78, 5) is 17.2. The van der Waals surface area contributed by atoms with Gasteiger partial charge in [0.25, 0.3) is 5.91 Å². The van der Waals surface area contributed by atoms with E-state index in [1.165, 1.54) is 5.56 Å². The molecule has 0 aliphatic heterocycles. The quantitative estimate of drug-likeness (QED) is 0.471. The minimum atomic E-state index is -0.175. The molecule has 4 rings (SSSR count). The highest BCUT2D eigenvalue weighted by Gasteiger charge is 2.08. The lowest BCUT2D eigenvalue weighted by Crippen LogP contribution is -2.11. The lowest BCUT2D eigenvalue weighted by atomic mass is 10.1. The van der Waals surface area contributed by atoms with Crippen LogP contribution in [-0.2, 0) is 0 Å². The molecular weight excluding hydrogens is 356 g/mol. The zero-order chi connectivity index (χ0) is 18.8. The van der Waals surface area contributed by atoms with Crippen molar-refractivity contribution in [3.63, 3.8) is 0 Å². The predicted molar refractivity (Wildman–Crippen MR) is 111 cm³/mol. The van der Waals surface area contributed by atoms with Gasteiger partial charge in [-0.15, -0.1) is 0 Å². The highest BCUT2D eigenvalue weighted by Crippen LogP contribution is 2.24. The number of rotatable bonds is 3. The summed E-state index contributed by atoms with van der Waals surface area (Å²) >= 11 is 5.88. The molecule has 1 amide bonds. The van der Waals surface area contributed by atoms with Crippen LogP contribution < -0.4 is 5.32 Å². The maximum Gasteiger partial charge on any atom is 0.255 e. The molecular formula is C23H17ClN2O. The summed E-state index contributed by atoms with van der Waals surface area (Å²) in [5, 5.41) is 4.64. The van der Waals surface area contributed by atoms with Gasteiger partial charge < -0.3 is 5.32 Å². The van der Waals surface area contributed by atoms with Crippen molar-refractivity contribution in [1.29, 1.82) is 0 Å². The Morgan fingerprint density at radius 3 is 2.56 bits per heavy atom. The molecule has 0 saturated heterocycles. The maximum absolute atomic E-state index is 12.4. The van der Waals surface area contributed by atoms with Crippen molar-refractivity contribution in [2.45, 2.75) is 6.92 Å². The zero-order valence-corrected chi connectivity index (χ0v) is 15.5. The van der Waals surface area contributed by atoms with Crippen LogP contribution in [-0.4, -0.2) is 10.9 Å². The summed E-state index contributed by atoms with van der Waals surface area (Å²) in [6.07, 6.45) is 0. The van der Waals surface area contributed by atoms with Crippen LogP contribution in [0, 0.1) is 6.92 Å². The Hall–Kier alpha value is -3.17. The highest BCUT2D eigenvalue weighted by molar-refractivity contribution is 6.30. The molecule has 132 valence electrons. The van der Waals surface area contributed by atoms with Gasteiger partial charge in [0.05, 0.1) is 11.2 Å². The van der Waals surface area contributed by atoms with E-state index in [0.29, 0.717) is 10.6 Å². The van der Waals surface area contributed by atoms with Crippen molar-refractivity contribution >= 4 is 34.1 Å². The van der Waals surface area contributed by atoms with E-state index in [9.17, 15) is 4.79 Å². The fraction of sp³-hybridized carbons (Fsp3) is 0.0435. The molecule has 0 fully saturated rings. The number of carbonyl (C=O) groups excluding carboxylic acids is 1. The van der Waals surface area contributed by atoms with Gasteiger partial charge in [-0.2, -0.15) is 0 Å². The van der Waals surface area contributed by atoms with E-state index in [4.69, 9.17) is 16.6 Å². The van der Waals surface area contributed by atoms with Gasteiger partial charge in [-0.25, -0.2) is 4.98 Å². The van der Waals surface area contributed by atoms with Crippen molar-refractivity contribution in [2.24, 2.45) is 0 Å². The number of aromatic nitrogens is 1. The Bertz CT molecular complexity index is 1140. The SMILES string of the molecule is Cc1ccc2nc(-c3cccc(NC(=O)c4ccc(Cl)cc4)c3)ccc2c1. The molecule has 0 saturated carbocycles. The molecule has 3 aromatic carbocycles. The van der Waals surface area contributed by atoms with E-state index >= 15 is 0 Å². The highest BCUT2D eigenvalue weighted by atomic mass is 35.5. The molecule has 0 atom stereocenters. The lowest BCUT2D eigenvalue weighted by molar-refractivity contribution is 0.102. The number of amides is 1. The first kappa shape index (κ1) is 17.3. The molecule has 27 heavy (non-hydrogen) atoms. The normalized spacial score (nSPS) is 10.7. The molecule has 1 aromatic heterocycles. The summed E-state index contributed by atoms with van der Waals surface area (Å²) in [6.45, 7) is 2.07. The number of anilines is 1. The lowest BCUT2D eigenvalue weighted by Gasteiger charge is -2.08. The van der Waals surface area contributed by atoms with Gasteiger partial charge >= 0.3 is 0 Å². The minimum Gasteiger partial charge on any atom is -0.322 e. The van der Waals surface area contributed by atoms with Crippen LogP contribution in [0.15, 0.2) is 78.9 Å². The van der Waals surface area contributed by atoms with Crippen LogP contribution >= 0.6 is 11.6 Å². The third-order valence-corrected chi connectivity index (χ3v) is 4.62. The molecule has 3 nitrogen and oxygen atoms in total. The number of benzene rings is 3. The minimum absolute atomic E-state index is 0.175. The van der Waals surface area contributed by atoms with Crippen LogP contribution in [0.3, 0.4) is 0 Å². The number of hydrogen-bond donors (Lipinski definition) is 1. The number of pyridine rings is 1.